The number of unbranched alkanes of at least 4 members (excludes halogenated alkanes) is 1. The Morgan fingerprint density at radius 1 is 1.17 bits per heavy atom. The first-order valence-electron chi connectivity index (χ1n) is 13.7. The van der Waals surface area contributed by atoms with Crippen LogP contribution in [0.5, 0.6) is 5.75 Å². The second-order valence-corrected chi connectivity index (χ2v) is 12.3. The Kier molecular flexibility index (Phi) is 11.1. The van der Waals surface area contributed by atoms with Gasteiger partial charge in [0.1, 0.15) is 10.8 Å². The van der Waals surface area contributed by atoms with Crippen LogP contribution in [0.2, 0.25) is 5.02 Å². The number of anilines is 1. The summed E-state index contributed by atoms with van der Waals surface area (Å²) in [4.78, 5) is 39.4. The summed E-state index contributed by atoms with van der Waals surface area (Å²) in [6.45, 7) is 6.59. The monoisotopic (exact) mass is 619 g/mol. The summed E-state index contributed by atoms with van der Waals surface area (Å²) in [6, 6.07) is 6.77. The van der Waals surface area contributed by atoms with Crippen LogP contribution in [0.1, 0.15) is 66.7 Å². The molecule has 1 atom stereocenters. The zero-order valence-corrected chi connectivity index (χ0v) is 25.7. The van der Waals surface area contributed by atoms with Gasteiger partial charge in [-0.25, -0.2) is 4.79 Å². The maximum Gasteiger partial charge on any atom is 0.341 e. The maximum absolute atomic E-state index is 13.2. The first kappa shape index (κ1) is 30.9. The fourth-order valence-electron chi connectivity index (χ4n) is 4.32. The molecule has 1 aromatic carbocycles. The highest BCUT2D eigenvalue weighted by molar-refractivity contribution is 8.00. The number of esters is 1. The summed E-state index contributed by atoms with van der Waals surface area (Å²) in [5.74, 6) is 0.204. The molecule has 13 heteroatoms. The van der Waals surface area contributed by atoms with E-state index in [0.717, 1.165) is 42.5 Å². The van der Waals surface area contributed by atoms with Crippen molar-refractivity contribution in [2.75, 3.05) is 18.5 Å². The minimum Gasteiger partial charge on any atom is -0.484 e. The maximum atomic E-state index is 13.2. The Morgan fingerprint density at radius 2 is 1.95 bits per heavy atom. The van der Waals surface area contributed by atoms with Crippen LogP contribution in [0, 0.1) is 0 Å². The smallest absolute Gasteiger partial charge is 0.341 e. The Balaban J connectivity index is 1.38. The fourth-order valence-corrected chi connectivity index (χ4v) is 6.62. The number of aromatic nitrogens is 3. The molecule has 1 aliphatic carbocycles. The molecule has 2 aromatic heterocycles. The number of ether oxygens (including phenoxy) is 2. The Labute approximate surface area is 252 Å². The van der Waals surface area contributed by atoms with E-state index in [2.05, 4.69) is 27.8 Å². The van der Waals surface area contributed by atoms with Gasteiger partial charge in [-0.05, 0) is 69.4 Å². The molecular formula is C28H34ClN5O5S2. The normalized spacial score (nSPS) is 13.0. The van der Waals surface area contributed by atoms with E-state index in [0.29, 0.717) is 38.9 Å². The van der Waals surface area contributed by atoms with Gasteiger partial charge in [-0.15, -0.1) is 21.5 Å². The van der Waals surface area contributed by atoms with Gasteiger partial charge >= 0.3 is 5.97 Å². The van der Waals surface area contributed by atoms with Crippen LogP contribution in [0.15, 0.2) is 29.4 Å². The average molecular weight is 620 g/mol. The highest BCUT2D eigenvalue weighted by Crippen LogP contribution is 2.40. The number of fused-ring (bicyclic) bond motifs is 1. The van der Waals surface area contributed by atoms with Gasteiger partial charge in [0.25, 0.3) is 5.91 Å². The van der Waals surface area contributed by atoms with Crippen LogP contribution >= 0.6 is 34.7 Å². The molecule has 1 aliphatic rings. The Morgan fingerprint density at radius 3 is 2.68 bits per heavy atom. The first-order chi connectivity index (χ1) is 19.8. The lowest BCUT2D eigenvalue weighted by Gasteiger charge is -2.14. The summed E-state index contributed by atoms with van der Waals surface area (Å²) in [7, 11) is 0. The highest BCUT2D eigenvalue weighted by atomic mass is 35.5. The summed E-state index contributed by atoms with van der Waals surface area (Å²) in [5.41, 5.74) is 1.48. The molecule has 0 radical (unpaired) electrons. The van der Waals surface area contributed by atoms with E-state index >= 15 is 0 Å². The van der Waals surface area contributed by atoms with Gasteiger partial charge in [-0.2, -0.15) is 0 Å². The summed E-state index contributed by atoms with van der Waals surface area (Å²) in [6.07, 6.45) is 4.56. The number of nitrogens with one attached hydrogen (secondary N) is 2. The molecule has 3 aromatic rings. The van der Waals surface area contributed by atoms with Crippen molar-refractivity contribution in [3.63, 3.8) is 0 Å². The van der Waals surface area contributed by atoms with E-state index in [4.69, 9.17) is 21.1 Å². The number of rotatable bonds is 14. The van der Waals surface area contributed by atoms with Crippen LogP contribution < -0.4 is 15.4 Å². The number of thiophene rings is 1. The predicted octanol–water partition coefficient (Wildman–Crippen LogP) is 5.27. The Bertz CT molecular complexity index is 1370. The third kappa shape index (κ3) is 8.02. The van der Waals surface area contributed by atoms with E-state index in [1.165, 1.54) is 23.1 Å². The zero-order valence-electron chi connectivity index (χ0n) is 23.3. The second-order valence-electron chi connectivity index (χ2n) is 9.45. The summed E-state index contributed by atoms with van der Waals surface area (Å²) < 4.78 is 12.7. The number of carbonyl (C=O) groups is 3. The van der Waals surface area contributed by atoms with Gasteiger partial charge in [0.2, 0.25) is 5.91 Å². The van der Waals surface area contributed by atoms with Crippen molar-refractivity contribution in [3.05, 3.63) is 51.1 Å². The van der Waals surface area contributed by atoms with Crippen molar-refractivity contribution < 1.29 is 23.9 Å². The molecule has 220 valence electrons. The van der Waals surface area contributed by atoms with Crippen molar-refractivity contribution in [3.8, 4) is 5.75 Å². The molecule has 2 heterocycles. The number of carbonyl (C=O) groups excluding carboxylic acids is 3. The van der Waals surface area contributed by atoms with Gasteiger partial charge in [-0.3, -0.25) is 9.59 Å². The standard InChI is InChI=1S/C28H34ClN5O5S2/c1-4-6-14-34-22(15-30-23(35)16-39-19-12-10-18(29)11-13-19)32-33-28(34)40-17(3)25(36)31-26-24(27(37)38-5-2)20-8-7-9-21(20)41-26/h10-13,17H,4-9,14-16H2,1-3H3,(H,30,35)(H,31,36)/t17-/m1/s1. The van der Waals surface area contributed by atoms with E-state index < -0.39 is 11.2 Å². The summed E-state index contributed by atoms with van der Waals surface area (Å²) >= 11 is 8.62. The Hall–Kier alpha value is -3.09. The number of hydrogen-bond acceptors (Lipinski definition) is 9. The lowest BCUT2D eigenvalue weighted by atomic mass is 10.1. The molecule has 0 unspecified atom stereocenters. The molecule has 0 bridgehead atoms. The number of halogens is 1. The number of thioether (sulfide) groups is 1. The lowest BCUT2D eigenvalue weighted by Crippen LogP contribution is -2.29. The minimum atomic E-state index is -0.512. The molecule has 0 spiro atoms. The number of aryl methyl sites for hydroxylation is 1. The van der Waals surface area contributed by atoms with Crippen molar-refractivity contribution in [1.29, 1.82) is 0 Å². The zero-order chi connectivity index (χ0) is 29.4. The summed E-state index contributed by atoms with van der Waals surface area (Å²) in [5, 5.41) is 15.6. The third-order valence-corrected chi connectivity index (χ3v) is 8.98. The molecule has 10 nitrogen and oxygen atoms in total. The predicted molar refractivity (Wildman–Crippen MR) is 160 cm³/mol. The number of benzene rings is 1. The molecule has 0 saturated carbocycles. The van der Waals surface area contributed by atoms with Gasteiger partial charge in [0.05, 0.1) is 24.0 Å². The van der Waals surface area contributed by atoms with Gasteiger partial charge in [0.15, 0.2) is 17.6 Å². The number of amides is 2. The number of hydrogen-bond donors (Lipinski definition) is 2. The van der Waals surface area contributed by atoms with E-state index in [1.807, 2.05) is 4.57 Å². The van der Waals surface area contributed by atoms with Gasteiger partial charge in [-0.1, -0.05) is 36.7 Å². The van der Waals surface area contributed by atoms with Crippen LogP contribution in [0.4, 0.5) is 5.00 Å². The van der Waals surface area contributed by atoms with Crippen molar-refractivity contribution in [1.82, 2.24) is 20.1 Å². The van der Waals surface area contributed by atoms with E-state index in [-0.39, 0.29) is 31.6 Å². The largest absolute Gasteiger partial charge is 0.484 e. The molecule has 0 fully saturated rings. The van der Waals surface area contributed by atoms with Crippen LogP contribution in [0.3, 0.4) is 0 Å². The van der Waals surface area contributed by atoms with Gasteiger partial charge < -0.3 is 24.7 Å². The first-order valence-corrected chi connectivity index (χ1v) is 15.7. The van der Waals surface area contributed by atoms with E-state index in [1.54, 1.807) is 38.1 Å². The second kappa shape index (κ2) is 14.7. The quantitative estimate of drug-likeness (QED) is 0.185. The van der Waals surface area contributed by atoms with Crippen LogP contribution in [-0.4, -0.2) is 51.0 Å². The molecular weight excluding hydrogens is 586 g/mol. The molecule has 2 amide bonds. The van der Waals surface area contributed by atoms with Crippen molar-refractivity contribution in [2.24, 2.45) is 0 Å². The average Bonchev–Trinajstić information content (AvgIpc) is 3.65. The molecule has 0 aliphatic heterocycles. The van der Waals surface area contributed by atoms with Crippen molar-refractivity contribution >= 4 is 57.5 Å². The van der Waals surface area contributed by atoms with Gasteiger partial charge in [0, 0.05) is 16.4 Å². The van der Waals surface area contributed by atoms with Crippen LogP contribution in [0.25, 0.3) is 0 Å². The topological polar surface area (TPSA) is 124 Å². The molecule has 0 saturated heterocycles. The lowest BCUT2D eigenvalue weighted by molar-refractivity contribution is -0.123. The SMILES string of the molecule is CCCCn1c(CNC(=O)COc2ccc(Cl)cc2)nnc1S[C@H](C)C(=O)Nc1sc2c(c1C(=O)OCC)CCC2. The molecule has 41 heavy (non-hydrogen) atoms. The minimum absolute atomic E-state index is 0.149. The van der Waals surface area contributed by atoms with Crippen LogP contribution in [-0.2, 0) is 40.3 Å². The highest BCUT2D eigenvalue weighted by Gasteiger charge is 2.29. The third-order valence-electron chi connectivity index (χ3n) is 6.44. The van der Waals surface area contributed by atoms with E-state index in [9.17, 15) is 14.4 Å². The molecule has 2 N–H and O–H groups in total. The fraction of sp³-hybridized carbons (Fsp3) is 0.464. The number of nitrogens with zero attached hydrogens (tertiary/aromatic N) is 3. The van der Waals surface area contributed by atoms with Crippen molar-refractivity contribution in [2.45, 2.75) is 76.4 Å². The molecule has 4 rings (SSSR count).